The first-order valence-electron chi connectivity index (χ1n) is 13.1. The van der Waals surface area contributed by atoms with Crippen LogP contribution in [0, 0.1) is 24.2 Å². The van der Waals surface area contributed by atoms with E-state index >= 15 is 0 Å². The van der Waals surface area contributed by atoms with Crippen LogP contribution in [0.1, 0.15) is 47.8 Å². The van der Waals surface area contributed by atoms with Gasteiger partial charge >= 0.3 is 0 Å². The lowest BCUT2D eigenvalue weighted by atomic mass is 9.90. The van der Waals surface area contributed by atoms with Gasteiger partial charge in [-0.25, -0.2) is 0 Å². The summed E-state index contributed by atoms with van der Waals surface area (Å²) in [5.41, 5.74) is 2.48. The summed E-state index contributed by atoms with van der Waals surface area (Å²) >= 11 is 6.76. The SMILES string of the molecule is CCn1c(N2CCC(Cc3ccccc3)CC2)c(/C=C2\SC(=S)N(Cc3ccco3)C2=O)c(C)c(C#N)c1=O. The van der Waals surface area contributed by atoms with Crippen molar-refractivity contribution in [1.29, 1.82) is 5.26 Å². The number of amides is 1. The molecule has 7 nitrogen and oxygen atoms in total. The number of carbonyl (C=O) groups is 1. The van der Waals surface area contributed by atoms with Gasteiger partial charge in [-0.1, -0.05) is 54.3 Å². The van der Waals surface area contributed by atoms with Gasteiger partial charge in [0.25, 0.3) is 11.5 Å². The molecule has 2 aliphatic heterocycles. The lowest BCUT2D eigenvalue weighted by Crippen LogP contribution is -2.39. The van der Waals surface area contributed by atoms with Gasteiger partial charge in [0.1, 0.15) is 27.5 Å². The molecule has 2 aromatic heterocycles. The topological polar surface area (TPSA) is 82.5 Å². The number of hydrogen-bond donors (Lipinski definition) is 0. The minimum absolute atomic E-state index is 0.108. The monoisotopic (exact) mass is 558 g/mol. The van der Waals surface area contributed by atoms with E-state index in [1.807, 2.05) is 25.1 Å². The summed E-state index contributed by atoms with van der Waals surface area (Å²) in [5, 5.41) is 9.85. The van der Waals surface area contributed by atoms with Crippen molar-refractivity contribution in [3.05, 3.63) is 92.0 Å². The fraction of sp³-hybridized carbons (Fsp3) is 0.333. The van der Waals surface area contributed by atoms with E-state index in [0.717, 1.165) is 43.7 Å². The molecule has 0 saturated carbocycles. The molecule has 0 spiro atoms. The fourth-order valence-electron chi connectivity index (χ4n) is 5.40. The van der Waals surface area contributed by atoms with Gasteiger partial charge in [-0.3, -0.25) is 19.1 Å². The normalized spacial score (nSPS) is 17.3. The van der Waals surface area contributed by atoms with Crippen molar-refractivity contribution in [3.63, 3.8) is 0 Å². The van der Waals surface area contributed by atoms with Crippen molar-refractivity contribution in [2.75, 3.05) is 18.0 Å². The van der Waals surface area contributed by atoms with Gasteiger partial charge in [0, 0.05) is 25.2 Å². The third kappa shape index (κ3) is 5.45. The average Bonchev–Trinajstić information content (AvgIpc) is 3.55. The van der Waals surface area contributed by atoms with E-state index < -0.39 is 0 Å². The number of benzene rings is 1. The summed E-state index contributed by atoms with van der Waals surface area (Å²) < 4.78 is 7.55. The number of pyridine rings is 1. The molecule has 4 heterocycles. The van der Waals surface area contributed by atoms with Crippen LogP contribution in [0.4, 0.5) is 5.82 Å². The second-order valence-electron chi connectivity index (χ2n) is 9.87. The van der Waals surface area contributed by atoms with Gasteiger partial charge in [-0.2, -0.15) is 5.26 Å². The molecule has 1 amide bonds. The van der Waals surface area contributed by atoms with Crippen LogP contribution < -0.4 is 10.5 Å². The molecular weight excluding hydrogens is 528 g/mol. The summed E-state index contributed by atoms with van der Waals surface area (Å²) in [6.07, 6.45) is 6.41. The number of furan rings is 1. The smallest absolute Gasteiger partial charge is 0.270 e. The number of nitrogens with zero attached hydrogens (tertiary/aromatic N) is 4. The van der Waals surface area contributed by atoms with Gasteiger partial charge in [0.2, 0.25) is 0 Å². The minimum atomic E-state index is -0.290. The molecular formula is C30H30N4O3S2. The Labute approximate surface area is 237 Å². The highest BCUT2D eigenvalue weighted by molar-refractivity contribution is 8.26. The van der Waals surface area contributed by atoms with Gasteiger partial charge in [0.15, 0.2) is 0 Å². The van der Waals surface area contributed by atoms with Crippen LogP contribution >= 0.6 is 24.0 Å². The van der Waals surface area contributed by atoms with Crippen LogP contribution in [0.2, 0.25) is 0 Å². The molecule has 0 bridgehead atoms. The fourth-order valence-corrected chi connectivity index (χ4v) is 6.64. The Morgan fingerprint density at radius 3 is 2.54 bits per heavy atom. The third-order valence-corrected chi connectivity index (χ3v) is 8.86. The summed E-state index contributed by atoms with van der Waals surface area (Å²) in [6, 6.07) is 16.2. The van der Waals surface area contributed by atoms with E-state index in [1.165, 1.54) is 22.2 Å². The number of anilines is 1. The predicted octanol–water partition coefficient (Wildman–Crippen LogP) is 5.50. The molecule has 0 radical (unpaired) electrons. The Balaban J connectivity index is 1.49. The van der Waals surface area contributed by atoms with Crippen molar-refractivity contribution < 1.29 is 9.21 Å². The standard InChI is InChI=1S/C30H30N4O3S2/c1-3-33-27(32-13-11-22(12-14-32)16-21-8-5-4-6-9-21)24(20(2)25(18-31)28(33)35)17-26-29(36)34(30(38)39-26)19-23-10-7-15-37-23/h4-10,15,17,22H,3,11-14,16,19H2,1-2H3/b26-17-. The average molecular weight is 559 g/mol. The van der Waals surface area contributed by atoms with Crippen molar-refractivity contribution in [2.45, 2.75) is 46.2 Å². The Bertz CT molecular complexity index is 1510. The molecule has 0 atom stereocenters. The zero-order chi connectivity index (χ0) is 27.5. The second-order valence-corrected chi connectivity index (χ2v) is 11.5. The van der Waals surface area contributed by atoms with Gasteiger partial charge in [-0.15, -0.1) is 0 Å². The molecule has 9 heteroatoms. The van der Waals surface area contributed by atoms with Crippen molar-refractivity contribution in [2.24, 2.45) is 5.92 Å². The molecule has 39 heavy (non-hydrogen) atoms. The number of rotatable bonds is 7. The van der Waals surface area contributed by atoms with Crippen molar-refractivity contribution in [3.8, 4) is 6.07 Å². The van der Waals surface area contributed by atoms with E-state index in [-0.39, 0.29) is 23.6 Å². The molecule has 2 saturated heterocycles. The maximum absolute atomic E-state index is 13.4. The van der Waals surface area contributed by atoms with Crippen LogP contribution in [0.5, 0.6) is 0 Å². The molecule has 2 aliphatic rings. The number of carbonyl (C=O) groups excluding carboxylic acids is 1. The number of hydrogen-bond acceptors (Lipinski definition) is 7. The maximum Gasteiger partial charge on any atom is 0.270 e. The quantitative estimate of drug-likeness (QED) is 0.280. The molecule has 0 aliphatic carbocycles. The van der Waals surface area contributed by atoms with Gasteiger partial charge in [0.05, 0.1) is 17.7 Å². The highest BCUT2D eigenvalue weighted by Crippen LogP contribution is 2.37. The first-order chi connectivity index (χ1) is 18.9. The van der Waals surface area contributed by atoms with E-state index in [9.17, 15) is 14.9 Å². The van der Waals surface area contributed by atoms with Crippen LogP contribution in [0.3, 0.4) is 0 Å². The van der Waals surface area contributed by atoms with Crippen molar-refractivity contribution in [1.82, 2.24) is 9.47 Å². The lowest BCUT2D eigenvalue weighted by Gasteiger charge is -2.36. The zero-order valence-electron chi connectivity index (χ0n) is 22.1. The highest BCUT2D eigenvalue weighted by atomic mass is 32.2. The van der Waals surface area contributed by atoms with E-state index in [0.29, 0.717) is 33.0 Å². The predicted molar refractivity (Wildman–Crippen MR) is 158 cm³/mol. The van der Waals surface area contributed by atoms with Gasteiger partial charge < -0.3 is 9.32 Å². The summed E-state index contributed by atoms with van der Waals surface area (Å²) in [6.45, 7) is 5.98. The molecule has 1 aromatic carbocycles. The number of nitriles is 1. The highest BCUT2D eigenvalue weighted by Gasteiger charge is 2.34. The minimum Gasteiger partial charge on any atom is -0.467 e. The zero-order valence-corrected chi connectivity index (χ0v) is 23.7. The number of thiocarbonyl (C=S) groups is 1. The lowest BCUT2D eigenvalue weighted by molar-refractivity contribution is -0.122. The van der Waals surface area contributed by atoms with E-state index in [4.69, 9.17) is 16.6 Å². The Kier molecular flexibility index (Phi) is 8.05. The molecule has 0 unspecified atom stereocenters. The summed E-state index contributed by atoms with van der Waals surface area (Å²) in [4.78, 5) is 31.0. The second kappa shape index (κ2) is 11.6. The van der Waals surface area contributed by atoms with Gasteiger partial charge in [-0.05, 0) is 68.4 Å². The number of aromatic nitrogens is 1. The first kappa shape index (κ1) is 27.0. The van der Waals surface area contributed by atoms with Crippen LogP contribution in [-0.4, -0.2) is 32.8 Å². The van der Waals surface area contributed by atoms with Crippen LogP contribution in [-0.2, 0) is 24.3 Å². The Morgan fingerprint density at radius 1 is 1.15 bits per heavy atom. The third-order valence-electron chi connectivity index (χ3n) is 7.49. The molecule has 0 N–H and O–H groups in total. The maximum atomic E-state index is 13.4. The molecule has 2 fully saturated rings. The van der Waals surface area contributed by atoms with E-state index in [2.05, 4.69) is 35.2 Å². The number of piperidine rings is 1. The van der Waals surface area contributed by atoms with Crippen LogP contribution in [0.25, 0.3) is 6.08 Å². The first-order valence-corrected chi connectivity index (χ1v) is 14.4. The van der Waals surface area contributed by atoms with Crippen molar-refractivity contribution >= 4 is 46.1 Å². The number of thioether (sulfide) groups is 1. The summed E-state index contributed by atoms with van der Waals surface area (Å²) in [5.74, 6) is 1.77. The Morgan fingerprint density at radius 2 is 1.90 bits per heavy atom. The Hall–Kier alpha value is -3.61. The molecule has 3 aromatic rings. The molecule has 200 valence electrons. The molecule has 5 rings (SSSR count). The largest absolute Gasteiger partial charge is 0.467 e. The summed E-state index contributed by atoms with van der Waals surface area (Å²) in [7, 11) is 0. The van der Waals surface area contributed by atoms with Crippen LogP contribution in [0.15, 0.2) is 62.8 Å². The van der Waals surface area contributed by atoms with E-state index in [1.54, 1.807) is 23.8 Å².